The van der Waals surface area contributed by atoms with Gasteiger partial charge in [0.05, 0.1) is 0 Å². The third-order valence-electron chi connectivity index (χ3n) is 4.30. The minimum Gasteiger partial charge on any atom is -0.271 e. The van der Waals surface area contributed by atoms with Gasteiger partial charge in [-0.2, -0.15) is 0 Å². The van der Waals surface area contributed by atoms with Gasteiger partial charge in [0.2, 0.25) is 0 Å². The van der Waals surface area contributed by atoms with Gasteiger partial charge >= 0.3 is 0 Å². The maximum Gasteiger partial charge on any atom is 0.0448 e. The van der Waals surface area contributed by atoms with E-state index in [1.807, 2.05) is 0 Å². The summed E-state index contributed by atoms with van der Waals surface area (Å²) in [7, 11) is 0. The zero-order valence-corrected chi connectivity index (χ0v) is 10.5. The molecule has 2 heteroatoms. The van der Waals surface area contributed by atoms with Gasteiger partial charge in [0.15, 0.2) is 0 Å². The summed E-state index contributed by atoms with van der Waals surface area (Å²) in [4.78, 5) is 0. The standard InChI is InChI=1S/C14H26N2/c1-11(12-9-10-12)14(16-15)13-7-5-3-2-4-6-8-13/h7,11-12,14,16H,2-6,8-10,15H2,1H3. The van der Waals surface area contributed by atoms with Crippen molar-refractivity contribution in [1.82, 2.24) is 5.43 Å². The molecule has 3 N–H and O–H groups in total. The molecule has 2 atom stereocenters. The minimum absolute atomic E-state index is 0.436. The van der Waals surface area contributed by atoms with Crippen LogP contribution in [0.3, 0.4) is 0 Å². The molecule has 2 aliphatic rings. The molecule has 0 aromatic rings. The summed E-state index contributed by atoms with van der Waals surface area (Å²) in [6, 6.07) is 0.436. The molecule has 2 aliphatic carbocycles. The van der Waals surface area contributed by atoms with Gasteiger partial charge in [-0.15, -0.1) is 0 Å². The van der Waals surface area contributed by atoms with E-state index in [4.69, 9.17) is 5.84 Å². The summed E-state index contributed by atoms with van der Waals surface area (Å²) >= 11 is 0. The van der Waals surface area contributed by atoms with Crippen LogP contribution in [0.2, 0.25) is 0 Å². The molecule has 2 rings (SSSR count). The average molecular weight is 222 g/mol. The van der Waals surface area contributed by atoms with Crippen molar-refractivity contribution >= 4 is 0 Å². The van der Waals surface area contributed by atoms with Crippen LogP contribution in [0.5, 0.6) is 0 Å². The molecule has 0 aromatic heterocycles. The van der Waals surface area contributed by atoms with Crippen molar-refractivity contribution in [2.45, 2.75) is 64.3 Å². The van der Waals surface area contributed by atoms with Crippen LogP contribution in [0, 0.1) is 11.8 Å². The predicted molar refractivity (Wildman–Crippen MR) is 68.8 cm³/mol. The maximum atomic E-state index is 5.77. The Kier molecular flexibility index (Phi) is 4.42. The van der Waals surface area contributed by atoms with E-state index in [0.717, 1.165) is 11.8 Å². The Balaban J connectivity index is 1.99. The zero-order chi connectivity index (χ0) is 11.4. The summed E-state index contributed by atoms with van der Waals surface area (Å²) in [6.07, 6.45) is 13.3. The fourth-order valence-corrected chi connectivity index (χ4v) is 2.99. The van der Waals surface area contributed by atoms with Gasteiger partial charge in [-0.1, -0.05) is 31.4 Å². The van der Waals surface area contributed by atoms with Crippen molar-refractivity contribution in [3.63, 3.8) is 0 Å². The van der Waals surface area contributed by atoms with E-state index in [1.165, 1.54) is 51.4 Å². The summed E-state index contributed by atoms with van der Waals surface area (Å²) in [5, 5.41) is 0. The van der Waals surface area contributed by atoms with E-state index in [-0.39, 0.29) is 0 Å². The van der Waals surface area contributed by atoms with Crippen molar-refractivity contribution < 1.29 is 0 Å². The van der Waals surface area contributed by atoms with Gasteiger partial charge in [-0.25, -0.2) is 0 Å². The third-order valence-corrected chi connectivity index (χ3v) is 4.30. The quantitative estimate of drug-likeness (QED) is 0.435. The Hall–Kier alpha value is -0.340. The second-order valence-corrected chi connectivity index (χ2v) is 5.57. The molecule has 1 saturated carbocycles. The van der Waals surface area contributed by atoms with Crippen LogP contribution in [0.25, 0.3) is 0 Å². The molecule has 0 radical (unpaired) electrons. The van der Waals surface area contributed by atoms with Crippen LogP contribution < -0.4 is 11.3 Å². The van der Waals surface area contributed by atoms with Crippen molar-refractivity contribution in [1.29, 1.82) is 0 Å². The van der Waals surface area contributed by atoms with Crippen LogP contribution in [0.1, 0.15) is 58.3 Å². The van der Waals surface area contributed by atoms with Crippen molar-refractivity contribution in [3.8, 4) is 0 Å². The topological polar surface area (TPSA) is 38.0 Å². The average Bonchev–Trinajstić information content (AvgIpc) is 3.04. The monoisotopic (exact) mass is 222 g/mol. The Morgan fingerprint density at radius 2 is 2.00 bits per heavy atom. The fraction of sp³-hybridized carbons (Fsp3) is 0.857. The first-order valence-electron chi connectivity index (χ1n) is 6.98. The molecule has 16 heavy (non-hydrogen) atoms. The molecule has 0 bridgehead atoms. The van der Waals surface area contributed by atoms with Gasteiger partial charge in [0, 0.05) is 6.04 Å². The number of hydrogen-bond acceptors (Lipinski definition) is 2. The summed E-state index contributed by atoms with van der Waals surface area (Å²) in [5.74, 6) is 7.41. The lowest BCUT2D eigenvalue weighted by Gasteiger charge is -2.27. The van der Waals surface area contributed by atoms with Crippen LogP contribution in [0.4, 0.5) is 0 Å². The molecular weight excluding hydrogens is 196 g/mol. The van der Waals surface area contributed by atoms with Crippen LogP contribution in [-0.2, 0) is 0 Å². The van der Waals surface area contributed by atoms with Gasteiger partial charge in [-0.3, -0.25) is 11.3 Å². The first-order chi connectivity index (χ1) is 7.83. The molecule has 0 spiro atoms. The summed E-state index contributed by atoms with van der Waals surface area (Å²) in [5.41, 5.74) is 4.66. The number of nitrogens with one attached hydrogen (secondary N) is 1. The van der Waals surface area contributed by atoms with E-state index >= 15 is 0 Å². The van der Waals surface area contributed by atoms with Gasteiger partial charge < -0.3 is 0 Å². The van der Waals surface area contributed by atoms with E-state index in [1.54, 1.807) is 5.57 Å². The summed E-state index contributed by atoms with van der Waals surface area (Å²) < 4.78 is 0. The molecule has 0 amide bonds. The highest BCUT2D eigenvalue weighted by molar-refractivity contribution is 5.14. The lowest BCUT2D eigenvalue weighted by molar-refractivity contribution is 0.372. The highest BCUT2D eigenvalue weighted by Gasteiger charge is 2.34. The van der Waals surface area contributed by atoms with Crippen LogP contribution in [-0.4, -0.2) is 6.04 Å². The Morgan fingerprint density at radius 3 is 2.69 bits per heavy atom. The Bertz CT molecular complexity index is 243. The molecule has 0 aromatic carbocycles. The molecule has 0 heterocycles. The molecule has 1 fully saturated rings. The number of hydrogen-bond donors (Lipinski definition) is 2. The lowest BCUT2D eigenvalue weighted by atomic mass is 9.86. The molecular formula is C14H26N2. The third kappa shape index (κ3) is 3.08. The van der Waals surface area contributed by atoms with E-state index in [0.29, 0.717) is 6.04 Å². The van der Waals surface area contributed by atoms with E-state index in [2.05, 4.69) is 18.4 Å². The SMILES string of the molecule is CC(C1CC1)C(NN)C1=CCCCCCC1. The molecule has 2 nitrogen and oxygen atoms in total. The normalized spacial score (nSPS) is 26.5. The Morgan fingerprint density at radius 1 is 1.25 bits per heavy atom. The zero-order valence-electron chi connectivity index (χ0n) is 10.5. The highest BCUT2D eigenvalue weighted by atomic mass is 15.2. The number of hydrazine groups is 1. The molecule has 2 unspecified atom stereocenters. The van der Waals surface area contributed by atoms with E-state index < -0.39 is 0 Å². The fourth-order valence-electron chi connectivity index (χ4n) is 2.99. The van der Waals surface area contributed by atoms with Crippen LogP contribution in [0.15, 0.2) is 11.6 Å². The maximum absolute atomic E-state index is 5.77. The number of rotatable bonds is 4. The smallest absolute Gasteiger partial charge is 0.0448 e. The molecule has 92 valence electrons. The summed E-state index contributed by atoms with van der Waals surface area (Å²) in [6.45, 7) is 2.36. The number of nitrogens with two attached hydrogens (primary N) is 1. The highest BCUT2D eigenvalue weighted by Crippen LogP contribution is 2.40. The van der Waals surface area contributed by atoms with Crippen molar-refractivity contribution in [2.75, 3.05) is 0 Å². The van der Waals surface area contributed by atoms with Crippen LogP contribution >= 0.6 is 0 Å². The predicted octanol–water partition coefficient (Wildman–Crippen LogP) is 3.15. The number of allylic oxidation sites excluding steroid dienone is 1. The van der Waals surface area contributed by atoms with Crippen molar-refractivity contribution in [2.24, 2.45) is 17.7 Å². The first-order valence-corrected chi connectivity index (χ1v) is 6.98. The van der Waals surface area contributed by atoms with Gasteiger partial charge in [0.1, 0.15) is 0 Å². The largest absolute Gasteiger partial charge is 0.271 e. The second kappa shape index (κ2) is 5.83. The lowest BCUT2D eigenvalue weighted by Crippen LogP contribution is -2.42. The molecule has 0 saturated heterocycles. The van der Waals surface area contributed by atoms with Gasteiger partial charge in [-0.05, 0) is 50.4 Å². The minimum atomic E-state index is 0.436. The molecule has 0 aliphatic heterocycles. The van der Waals surface area contributed by atoms with E-state index in [9.17, 15) is 0 Å². The Labute approximate surface area is 99.6 Å². The second-order valence-electron chi connectivity index (χ2n) is 5.57. The van der Waals surface area contributed by atoms with Gasteiger partial charge in [0.25, 0.3) is 0 Å². The van der Waals surface area contributed by atoms with Crippen molar-refractivity contribution in [3.05, 3.63) is 11.6 Å². The first kappa shape index (κ1) is 12.1.